The Labute approximate surface area is 85.9 Å². The van der Waals surface area contributed by atoms with Crippen LogP contribution in [0.4, 0.5) is 0 Å². The minimum Gasteiger partial charge on any atom is -0.340 e. The van der Waals surface area contributed by atoms with Gasteiger partial charge in [-0.3, -0.25) is 4.79 Å². The summed E-state index contributed by atoms with van der Waals surface area (Å²) in [6.07, 6.45) is 2.85. The summed E-state index contributed by atoms with van der Waals surface area (Å²) in [7, 11) is 1.85. The van der Waals surface area contributed by atoms with Crippen molar-refractivity contribution in [3.63, 3.8) is 0 Å². The summed E-state index contributed by atoms with van der Waals surface area (Å²) in [4.78, 5) is 13.7. The summed E-state index contributed by atoms with van der Waals surface area (Å²) in [6.45, 7) is 3.49. The van der Waals surface area contributed by atoms with E-state index in [4.69, 9.17) is 0 Å². The number of nitrogens with zero attached hydrogens (tertiary/aromatic N) is 1. The van der Waals surface area contributed by atoms with Crippen LogP contribution in [-0.2, 0) is 4.79 Å². The molecule has 1 atom stereocenters. The first-order valence-corrected chi connectivity index (χ1v) is 5.15. The van der Waals surface area contributed by atoms with Gasteiger partial charge >= 0.3 is 0 Å². The number of carbonyl (C=O) groups is 1. The molecule has 0 aromatic rings. The highest BCUT2D eigenvalue weighted by molar-refractivity contribution is 5.82. The minimum atomic E-state index is 0.0262. The zero-order valence-corrected chi connectivity index (χ0v) is 8.97. The molecular formula is C11H18N2O. The van der Waals surface area contributed by atoms with E-state index in [1.54, 1.807) is 0 Å². The van der Waals surface area contributed by atoms with E-state index in [2.05, 4.69) is 17.2 Å². The van der Waals surface area contributed by atoms with E-state index in [0.29, 0.717) is 0 Å². The number of likely N-dealkylation sites (tertiary alicyclic amines) is 1. The number of hydrogen-bond acceptors (Lipinski definition) is 2. The molecule has 3 heteroatoms. The van der Waals surface area contributed by atoms with Crippen LogP contribution in [-0.4, -0.2) is 37.0 Å². The van der Waals surface area contributed by atoms with Crippen LogP contribution in [0.1, 0.15) is 26.2 Å². The average Bonchev–Trinajstić information content (AvgIpc) is 2.21. The smallest absolute Gasteiger partial charge is 0.239 e. The fourth-order valence-electron chi connectivity index (χ4n) is 1.75. The maximum Gasteiger partial charge on any atom is 0.239 e. The molecule has 1 amide bonds. The number of amides is 1. The molecule has 3 nitrogen and oxygen atoms in total. The zero-order chi connectivity index (χ0) is 10.4. The fraction of sp³-hybridized carbons (Fsp3) is 0.727. The molecule has 1 saturated heterocycles. The van der Waals surface area contributed by atoms with Gasteiger partial charge in [0.1, 0.15) is 0 Å². The second-order valence-electron chi connectivity index (χ2n) is 3.49. The summed E-state index contributed by atoms with van der Waals surface area (Å²) in [6, 6.07) is 0.0262. The van der Waals surface area contributed by atoms with E-state index in [0.717, 1.165) is 32.4 Å². The van der Waals surface area contributed by atoms with Crippen LogP contribution < -0.4 is 5.32 Å². The van der Waals surface area contributed by atoms with E-state index in [9.17, 15) is 4.79 Å². The van der Waals surface area contributed by atoms with Gasteiger partial charge in [0.25, 0.3) is 0 Å². The molecule has 1 N–H and O–H groups in total. The van der Waals surface area contributed by atoms with Crippen LogP contribution in [0.25, 0.3) is 0 Å². The van der Waals surface area contributed by atoms with Crippen LogP contribution in [0.15, 0.2) is 0 Å². The number of nitrogens with one attached hydrogen (secondary N) is 1. The van der Waals surface area contributed by atoms with Gasteiger partial charge in [0.15, 0.2) is 0 Å². The van der Waals surface area contributed by atoms with Crippen LogP contribution in [0.2, 0.25) is 0 Å². The second-order valence-corrected chi connectivity index (χ2v) is 3.49. The predicted molar refractivity (Wildman–Crippen MR) is 56.7 cm³/mol. The third-order valence-electron chi connectivity index (χ3n) is 2.56. The Balaban J connectivity index is 2.42. The molecular weight excluding hydrogens is 176 g/mol. The topological polar surface area (TPSA) is 32.3 Å². The molecule has 0 bridgehead atoms. The van der Waals surface area contributed by atoms with Gasteiger partial charge < -0.3 is 10.2 Å². The Morgan fingerprint density at radius 1 is 1.64 bits per heavy atom. The average molecular weight is 194 g/mol. The molecule has 0 aromatic heterocycles. The number of rotatable bonds is 3. The highest BCUT2D eigenvalue weighted by Gasteiger charge is 2.26. The monoisotopic (exact) mass is 194 g/mol. The number of piperidine rings is 1. The number of carbonyl (C=O) groups excluding carboxylic acids is 1. The molecule has 0 aromatic carbocycles. The molecule has 1 rings (SSSR count). The molecule has 0 radical (unpaired) electrons. The minimum absolute atomic E-state index is 0.0262. The van der Waals surface area contributed by atoms with E-state index < -0.39 is 0 Å². The first-order valence-electron chi connectivity index (χ1n) is 5.15. The van der Waals surface area contributed by atoms with E-state index in [1.807, 2.05) is 18.9 Å². The van der Waals surface area contributed by atoms with Gasteiger partial charge in [0.05, 0.1) is 6.04 Å². The van der Waals surface area contributed by atoms with Crippen LogP contribution in [0.5, 0.6) is 0 Å². The second kappa shape index (κ2) is 5.66. The Morgan fingerprint density at radius 3 is 3.07 bits per heavy atom. The van der Waals surface area contributed by atoms with Gasteiger partial charge in [-0.1, -0.05) is 0 Å². The summed E-state index contributed by atoms with van der Waals surface area (Å²) in [5.41, 5.74) is 0. The molecule has 1 unspecified atom stereocenters. The first kappa shape index (κ1) is 11.1. The van der Waals surface area contributed by atoms with Crippen molar-refractivity contribution in [2.24, 2.45) is 0 Å². The lowest BCUT2D eigenvalue weighted by Gasteiger charge is -2.31. The van der Waals surface area contributed by atoms with Gasteiger partial charge in [-0.2, -0.15) is 0 Å². The standard InChI is InChI=1S/C11H18N2O/c1-3-4-5-8-13-9-6-7-10(12-2)11(13)14/h10,12H,5-9H2,1-2H3. The third kappa shape index (κ3) is 2.74. The molecule has 1 heterocycles. The highest BCUT2D eigenvalue weighted by Crippen LogP contribution is 2.11. The fourth-order valence-corrected chi connectivity index (χ4v) is 1.75. The molecule has 0 spiro atoms. The molecule has 1 aliphatic rings. The summed E-state index contributed by atoms with van der Waals surface area (Å²) in [5, 5.41) is 3.05. The Kier molecular flexibility index (Phi) is 4.48. The van der Waals surface area contributed by atoms with Crippen LogP contribution in [0.3, 0.4) is 0 Å². The van der Waals surface area contributed by atoms with Crippen LogP contribution >= 0.6 is 0 Å². The Bertz CT molecular complexity index is 252. The van der Waals surface area contributed by atoms with Crippen molar-refractivity contribution in [2.75, 3.05) is 20.1 Å². The molecule has 78 valence electrons. The number of hydrogen-bond donors (Lipinski definition) is 1. The van der Waals surface area contributed by atoms with Gasteiger partial charge in [-0.25, -0.2) is 0 Å². The van der Waals surface area contributed by atoms with E-state index >= 15 is 0 Å². The van der Waals surface area contributed by atoms with E-state index in [-0.39, 0.29) is 11.9 Å². The zero-order valence-electron chi connectivity index (χ0n) is 8.97. The molecule has 1 fully saturated rings. The number of likely N-dealkylation sites (N-methyl/N-ethyl adjacent to an activating group) is 1. The highest BCUT2D eigenvalue weighted by atomic mass is 16.2. The summed E-state index contributed by atoms with van der Waals surface area (Å²) < 4.78 is 0. The summed E-state index contributed by atoms with van der Waals surface area (Å²) in [5.74, 6) is 6.06. The maximum atomic E-state index is 11.8. The van der Waals surface area contributed by atoms with Gasteiger partial charge in [-0.15, -0.1) is 11.8 Å². The predicted octanol–water partition coefficient (Wildman–Crippen LogP) is 0.610. The van der Waals surface area contributed by atoms with Crippen molar-refractivity contribution in [2.45, 2.75) is 32.2 Å². The lowest BCUT2D eigenvalue weighted by molar-refractivity contribution is -0.135. The molecule has 0 aliphatic carbocycles. The largest absolute Gasteiger partial charge is 0.340 e. The van der Waals surface area contributed by atoms with Crippen molar-refractivity contribution < 1.29 is 4.79 Å². The van der Waals surface area contributed by atoms with Crippen molar-refractivity contribution in [3.8, 4) is 11.8 Å². The summed E-state index contributed by atoms with van der Waals surface area (Å²) >= 11 is 0. The van der Waals surface area contributed by atoms with E-state index in [1.165, 1.54) is 0 Å². The Hall–Kier alpha value is -1.01. The van der Waals surface area contributed by atoms with Gasteiger partial charge in [0, 0.05) is 19.5 Å². The van der Waals surface area contributed by atoms with Crippen molar-refractivity contribution in [1.82, 2.24) is 10.2 Å². The van der Waals surface area contributed by atoms with Gasteiger partial charge in [-0.05, 0) is 26.8 Å². The third-order valence-corrected chi connectivity index (χ3v) is 2.56. The molecule has 14 heavy (non-hydrogen) atoms. The normalized spacial score (nSPS) is 21.7. The first-order chi connectivity index (χ1) is 6.79. The molecule has 0 saturated carbocycles. The quantitative estimate of drug-likeness (QED) is 0.668. The van der Waals surface area contributed by atoms with Crippen molar-refractivity contribution in [1.29, 1.82) is 0 Å². The van der Waals surface area contributed by atoms with Crippen LogP contribution in [0, 0.1) is 11.8 Å². The lowest BCUT2D eigenvalue weighted by atomic mass is 10.0. The van der Waals surface area contributed by atoms with Crippen molar-refractivity contribution in [3.05, 3.63) is 0 Å². The lowest BCUT2D eigenvalue weighted by Crippen LogP contribution is -2.49. The molecule has 1 aliphatic heterocycles. The van der Waals surface area contributed by atoms with Crippen molar-refractivity contribution >= 4 is 5.91 Å². The van der Waals surface area contributed by atoms with Gasteiger partial charge in [0.2, 0.25) is 5.91 Å². The maximum absolute atomic E-state index is 11.8. The Morgan fingerprint density at radius 2 is 2.43 bits per heavy atom. The SMILES string of the molecule is CC#CCCN1CCCC(NC)C1=O.